The molecule has 0 N–H and O–H groups in total. The number of carbonyl (C=O) groups is 1. The maximum Gasteiger partial charge on any atom is 0.313 e. The Hall–Kier alpha value is -2.31. The highest BCUT2D eigenvalue weighted by atomic mass is 19.1. The maximum atomic E-state index is 13.4. The predicted molar refractivity (Wildman–Crippen MR) is 97.5 cm³/mol. The molecule has 4 nitrogen and oxygen atoms in total. The number of hydrogen-bond acceptors (Lipinski definition) is 4. The molecule has 0 radical (unpaired) electrons. The lowest BCUT2D eigenvalue weighted by Gasteiger charge is -2.37. The number of esters is 1. The van der Waals surface area contributed by atoms with Crippen molar-refractivity contribution in [1.82, 2.24) is 0 Å². The molecule has 2 aliphatic rings. The van der Waals surface area contributed by atoms with E-state index in [0.29, 0.717) is 6.42 Å². The van der Waals surface area contributed by atoms with Crippen LogP contribution in [-0.2, 0) is 19.0 Å². The van der Waals surface area contributed by atoms with Crippen molar-refractivity contribution in [3.05, 3.63) is 71.3 Å². The van der Waals surface area contributed by atoms with Gasteiger partial charge in [-0.25, -0.2) is 8.78 Å². The number of benzene rings is 2. The summed E-state index contributed by atoms with van der Waals surface area (Å²) in [4.78, 5) is 12.4. The van der Waals surface area contributed by atoms with Crippen LogP contribution in [0.15, 0.2) is 48.5 Å². The summed E-state index contributed by atoms with van der Waals surface area (Å²) in [5, 5.41) is 0. The van der Waals surface area contributed by atoms with Gasteiger partial charge in [0.05, 0.1) is 25.4 Å². The van der Waals surface area contributed by atoms with Crippen molar-refractivity contribution in [2.45, 2.75) is 43.7 Å². The average molecular weight is 388 g/mol. The van der Waals surface area contributed by atoms with E-state index in [9.17, 15) is 13.6 Å². The van der Waals surface area contributed by atoms with E-state index in [1.165, 1.54) is 31.4 Å². The van der Waals surface area contributed by atoms with E-state index in [0.717, 1.165) is 24.0 Å². The van der Waals surface area contributed by atoms with Crippen LogP contribution in [0, 0.1) is 17.6 Å². The molecular formula is C22H22F2O4. The minimum Gasteiger partial charge on any atom is -0.469 e. The van der Waals surface area contributed by atoms with Gasteiger partial charge in [-0.1, -0.05) is 24.3 Å². The van der Waals surface area contributed by atoms with Gasteiger partial charge in [0.25, 0.3) is 0 Å². The molecule has 6 heteroatoms. The summed E-state index contributed by atoms with van der Waals surface area (Å²) in [7, 11) is 1.36. The molecule has 148 valence electrons. The fraction of sp³-hybridized carbons (Fsp3) is 0.409. The van der Waals surface area contributed by atoms with Gasteiger partial charge >= 0.3 is 5.97 Å². The van der Waals surface area contributed by atoms with Crippen molar-refractivity contribution in [3.63, 3.8) is 0 Å². The topological polar surface area (TPSA) is 44.8 Å². The lowest BCUT2D eigenvalue weighted by molar-refractivity contribution is -0.176. The Morgan fingerprint density at radius 1 is 1.00 bits per heavy atom. The fourth-order valence-electron chi connectivity index (χ4n) is 4.20. The van der Waals surface area contributed by atoms with Crippen LogP contribution in [0.5, 0.6) is 0 Å². The SMILES string of the molecule is COC(=O)C1C2CCC(CC1OC(c1ccc(F)cc1)c1ccc(F)cc1)O2. The normalized spacial score (nSPS) is 26.4. The van der Waals surface area contributed by atoms with Gasteiger partial charge in [0.1, 0.15) is 23.7 Å². The molecule has 0 aliphatic carbocycles. The number of rotatable bonds is 5. The minimum atomic E-state index is -0.559. The van der Waals surface area contributed by atoms with Crippen LogP contribution < -0.4 is 0 Å². The zero-order valence-corrected chi connectivity index (χ0v) is 15.5. The molecule has 2 fully saturated rings. The van der Waals surface area contributed by atoms with E-state index in [1.807, 2.05) is 0 Å². The van der Waals surface area contributed by atoms with Crippen LogP contribution in [0.1, 0.15) is 36.5 Å². The number of carbonyl (C=O) groups excluding carboxylic acids is 1. The first-order valence-electron chi connectivity index (χ1n) is 9.45. The first-order chi connectivity index (χ1) is 13.5. The van der Waals surface area contributed by atoms with Crippen molar-refractivity contribution in [3.8, 4) is 0 Å². The average Bonchev–Trinajstić information content (AvgIpc) is 3.08. The molecule has 0 spiro atoms. The molecule has 2 heterocycles. The Balaban J connectivity index is 1.67. The van der Waals surface area contributed by atoms with Crippen LogP contribution in [-0.4, -0.2) is 31.4 Å². The number of ether oxygens (including phenoxy) is 3. The highest BCUT2D eigenvalue weighted by Gasteiger charge is 2.48. The highest BCUT2D eigenvalue weighted by Crippen LogP contribution is 2.41. The lowest BCUT2D eigenvalue weighted by atomic mass is 9.91. The fourth-order valence-corrected chi connectivity index (χ4v) is 4.20. The minimum absolute atomic E-state index is 0.0537. The van der Waals surface area contributed by atoms with E-state index >= 15 is 0 Å². The molecule has 0 aromatic heterocycles. The Labute approximate surface area is 162 Å². The summed E-state index contributed by atoms with van der Waals surface area (Å²) in [5.74, 6) is -1.57. The van der Waals surface area contributed by atoms with Gasteiger partial charge in [-0.3, -0.25) is 4.79 Å². The van der Waals surface area contributed by atoms with Crippen LogP contribution in [0.4, 0.5) is 8.78 Å². The quantitative estimate of drug-likeness (QED) is 0.721. The third-order valence-corrected chi connectivity index (χ3v) is 5.57. The lowest BCUT2D eigenvalue weighted by Crippen LogP contribution is -2.45. The van der Waals surface area contributed by atoms with E-state index in [-0.39, 0.29) is 29.8 Å². The molecule has 2 saturated heterocycles. The monoisotopic (exact) mass is 388 g/mol. The third-order valence-electron chi connectivity index (χ3n) is 5.57. The Kier molecular flexibility index (Phi) is 5.42. The molecule has 0 saturated carbocycles. The summed E-state index contributed by atoms with van der Waals surface area (Å²) in [5.41, 5.74) is 1.46. The zero-order chi connectivity index (χ0) is 19.7. The Bertz CT molecular complexity index is 776. The van der Waals surface area contributed by atoms with Crippen LogP contribution in [0.25, 0.3) is 0 Å². The second-order valence-electron chi connectivity index (χ2n) is 7.32. The van der Waals surface area contributed by atoms with Crippen molar-refractivity contribution in [1.29, 1.82) is 0 Å². The number of methoxy groups -OCH3 is 1. The van der Waals surface area contributed by atoms with Crippen LogP contribution in [0.3, 0.4) is 0 Å². The molecule has 4 unspecified atom stereocenters. The third kappa shape index (κ3) is 3.80. The number of hydrogen-bond donors (Lipinski definition) is 0. The molecule has 2 aromatic carbocycles. The second-order valence-corrected chi connectivity index (χ2v) is 7.32. The standard InChI is InChI=1S/C22H22F2O4/c1-26-22(25)20-18-11-10-17(27-18)12-19(20)28-21(13-2-6-15(23)7-3-13)14-4-8-16(24)9-5-14/h2-9,17-21H,10-12H2,1H3. The first kappa shape index (κ1) is 19.0. The molecule has 4 atom stereocenters. The van der Waals surface area contributed by atoms with Gasteiger partial charge < -0.3 is 14.2 Å². The van der Waals surface area contributed by atoms with Crippen LogP contribution >= 0.6 is 0 Å². The first-order valence-corrected chi connectivity index (χ1v) is 9.45. The Morgan fingerprint density at radius 3 is 2.11 bits per heavy atom. The second kappa shape index (κ2) is 7.97. The van der Waals surface area contributed by atoms with E-state index in [2.05, 4.69) is 0 Å². The number of fused-ring (bicyclic) bond motifs is 2. The maximum absolute atomic E-state index is 13.4. The summed E-state index contributed by atoms with van der Waals surface area (Å²) in [6.07, 6.45) is 1.12. The Morgan fingerprint density at radius 2 is 1.57 bits per heavy atom. The molecule has 2 bridgehead atoms. The molecule has 2 aromatic rings. The molecule has 28 heavy (non-hydrogen) atoms. The molecule has 2 aliphatic heterocycles. The van der Waals surface area contributed by atoms with E-state index < -0.39 is 18.1 Å². The van der Waals surface area contributed by atoms with Crippen molar-refractivity contribution in [2.24, 2.45) is 5.92 Å². The van der Waals surface area contributed by atoms with Crippen molar-refractivity contribution < 1.29 is 27.8 Å². The van der Waals surface area contributed by atoms with E-state index in [4.69, 9.17) is 14.2 Å². The largest absolute Gasteiger partial charge is 0.469 e. The van der Waals surface area contributed by atoms with Crippen LogP contribution in [0.2, 0.25) is 0 Å². The molecular weight excluding hydrogens is 366 g/mol. The summed E-state index contributed by atoms with van der Waals surface area (Å²) in [6, 6.07) is 12.0. The van der Waals surface area contributed by atoms with Gasteiger partial charge in [-0.2, -0.15) is 0 Å². The van der Waals surface area contributed by atoms with Crippen molar-refractivity contribution >= 4 is 5.97 Å². The van der Waals surface area contributed by atoms with Gasteiger partial charge in [0, 0.05) is 6.42 Å². The summed E-state index contributed by atoms with van der Waals surface area (Å²) >= 11 is 0. The van der Waals surface area contributed by atoms with Crippen molar-refractivity contribution in [2.75, 3.05) is 7.11 Å². The van der Waals surface area contributed by atoms with E-state index in [1.54, 1.807) is 24.3 Å². The summed E-state index contributed by atoms with van der Waals surface area (Å²) in [6.45, 7) is 0. The van der Waals surface area contributed by atoms with Gasteiger partial charge in [0.15, 0.2) is 0 Å². The smallest absolute Gasteiger partial charge is 0.313 e. The molecule has 4 rings (SSSR count). The van der Waals surface area contributed by atoms with Gasteiger partial charge in [-0.05, 0) is 48.2 Å². The van der Waals surface area contributed by atoms with Gasteiger partial charge in [-0.15, -0.1) is 0 Å². The summed E-state index contributed by atoms with van der Waals surface area (Å²) < 4.78 is 44.2. The van der Waals surface area contributed by atoms with Gasteiger partial charge in [0.2, 0.25) is 0 Å². The highest BCUT2D eigenvalue weighted by molar-refractivity contribution is 5.74. The zero-order valence-electron chi connectivity index (χ0n) is 15.5. The predicted octanol–water partition coefficient (Wildman–Crippen LogP) is 4.18. The number of halogens is 2. The molecule has 0 amide bonds.